The van der Waals surface area contributed by atoms with Crippen LogP contribution in [0, 0.1) is 0 Å². The van der Waals surface area contributed by atoms with Crippen LogP contribution in [0.2, 0.25) is 0 Å². The van der Waals surface area contributed by atoms with Gasteiger partial charge in [0.05, 0.1) is 14.2 Å². The van der Waals surface area contributed by atoms with Gasteiger partial charge in [-0.1, -0.05) is 18.2 Å². The quantitative estimate of drug-likeness (QED) is 0.843. The highest BCUT2D eigenvalue weighted by atomic mass is 32.1. The number of rotatable bonds is 4. The van der Waals surface area contributed by atoms with Gasteiger partial charge in [-0.15, -0.1) is 0 Å². The Morgan fingerprint density at radius 2 is 1.40 bits per heavy atom. The fourth-order valence-corrected chi connectivity index (χ4v) is 1.93. The topological polar surface area (TPSA) is 42.5 Å². The zero-order valence-corrected chi connectivity index (χ0v) is 12.2. The lowest BCUT2D eigenvalue weighted by Gasteiger charge is -2.12. The summed E-state index contributed by atoms with van der Waals surface area (Å²) in [6, 6.07) is 15.2. The zero-order valence-electron chi connectivity index (χ0n) is 11.3. The smallest absolute Gasteiger partial charge is 0.175 e. The second-order valence-electron chi connectivity index (χ2n) is 4.05. The van der Waals surface area contributed by atoms with Crippen molar-refractivity contribution in [3.05, 3.63) is 48.5 Å². The Hall–Kier alpha value is -2.27. The Labute approximate surface area is 123 Å². The number of benzene rings is 2. The van der Waals surface area contributed by atoms with E-state index in [0.717, 1.165) is 11.4 Å². The molecule has 2 rings (SSSR count). The van der Waals surface area contributed by atoms with Crippen molar-refractivity contribution in [2.45, 2.75) is 0 Å². The van der Waals surface area contributed by atoms with Crippen molar-refractivity contribution in [3.63, 3.8) is 0 Å². The standard InChI is InChI=1S/C15H16N2O2S/c1-18-13-8-12(9-14(10-13)19-2)17-15(20)16-11-6-4-3-5-7-11/h3-10H,1-2H3,(H2,16,17,20). The maximum atomic E-state index is 5.27. The monoisotopic (exact) mass is 288 g/mol. The van der Waals surface area contributed by atoms with E-state index in [1.165, 1.54) is 0 Å². The van der Waals surface area contributed by atoms with Gasteiger partial charge in [0.15, 0.2) is 5.11 Å². The summed E-state index contributed by atoms with van der Waals surface area (Å²) in [6.45, 7) is 0. The Morgan fingerprint density at radius 3 is 1.95 bits per heavy atom. The lowest BCUT2D eigenvalue weighted by molar-refractivity contribution is 0.395. The van der Waals surface area contributed by atoms with Crippen molar-refractivity contribution in [2.75, 3.05) is 24.9 Å². The Balaban J connectivity index is 2.07. The molecule has 0 aromatic heterocycles. The molecule has 104 valence electrons. The van der Waals surface area contributed by atoms with Crippen LogP contribution >= 0.6 is 12.2 Å². The first-order chi connectivity index (χ1) is 9.71. The molecule has 0 aliphatic rings. The molecular formula is C15H16N2O2S. The molecule has 4 nitrogen and oxygen atoms in total. The number of nitrogens with one attached hydrogen (secondary N) is 2. The molecule has 2 aromatic rings. The van der Waals surface area contributed by atoms with Crippen LogP contribution in [0.15, 0.2) is 48.5 Å². The van der Waals surface area contributed by atoms with Crippen molar-refractivity contribution in [2.24, 2.45) is 0 Å². The number of hydrogen-bond acceptors (Lipinski definition) is 3. The van der Waals surface area contributed by atoms with Crippen LogP contribution in [0.25, 0.3) is 0 Å². The van der Waals surface area contributed by atoms with Gasteiger partial charge >= 0.3 is 0 Å². The summed E-state index contributed by atoms with van der Waals surface area (Å²) < 4.78 is 10.4. The summed E-state index contributed by atoms with van der Waals surface area (Å²) in [5, 5.41) is 6.71. The third-order valence-electron chi connectivity index (χ3n) is 2.64. The van der Waals surface area contributed by atoms with Gasteiger partial charge in [-0.25, -0.2) is 0 Å². The molecule has 2 aromatic carbocycles. The predicted octanol–water partition coefficient (Wildman–Crippen LogP) is 3.51. The average molecular weight is 288 g/mol. The lowest BCUT2D eigenvalue weighted by atomic mass is 10.3. The molecule has 0 aliphatic heterocycles. The summed E-state index contributed by atoms with van der Waals surface area (Å²) in [5.41, 5.74) is 1.73. The molecule has 2 N–H and O–H groups in total. The van der Waals surface area contributed by atoms with E-state index in [2.05, 4.69) is 10.6 Å². The van der Waals surface area contributed by atoms with E-state index in [1.54, 1.807) is 20.3 Å². The number of anilines is 2. The Bertz CT molecular complexity index is 565. The van der Waals surface area contributed by atoms with Crippen LogP contribution in [-0.2, 0) is 0 Å². The van der Waals surface area contributed by atoms with E-state index in [9.17, 15) is 0 Å². The highest BCUT2D eigenvalue weighted by Gasteiger charge is 2.04. The number of ether oxygens (including phenoxy) is 2. The van der Waals surface area contributed by atoms with Crippen molar-refractivity contribution in [1.29, 1.82) is 0 Å². The van der Waals surface area contributed by atoms with E-state index < -0.39 is 0 Å². The number of hydrogen-bond donors (Lipinski definition) is 2. The molecule has 0 bridgehead atoms. The minimum atomic E-state index is 0.506. The van der Waals surface area contributed by atoms with Gasteiger partial charge in [0.1, 0.15) is 11.5 Å². The molecule has 5 heteroatoms. The molecule has 0 amide bonds. The van der Waals surface area contributed by atoms with Crippen LogP contribution in [-0.4, -0.2) is 19.3 Å². The maximum absolute atomic E-state index is 5.27. The normalized spacial score (nSPS) is 9.70. The molecule has 0 saturated carbocycles. The largest absolute Gasteiger partial charge is 0.497 e. The maximum Gasteiger partial charge on any atom is 0.175 e. The molecule has 0 fully saturated rings. The average Bonchev–Trinajstić information content (AvgIpc) is 2.47. The van der Waals surface area contributed by atoms with Crippen molar-refractivity contribution >= 4 is 28.7 Å². The van der Waals surface area contributed by atoms with E-state index in [4.69, 9.17) is 21.7 Å². The van der Waals surface area contributed by atoms with Crippen molar-refractivity contribution < 1.29 is 9.47 Å². The van der Waals surface area contributed by atoms with Crippen LogP contribution in [0.4, 0.5) is 11.4 Å². The highest BCUT2D eigenvalue weighted by Crippen LogP contribution is 2.25. The molecule has 0 saturated heterocycles. The van der Waals surface area contributed by atoms with Gasteiger partial charge in [0.2, 0.25) is 0 Å². The molecule has 0 heterocycles. The first kappa shape index (κ1) is 14.1. The first-order valence-corrected chi connectivity index (χ1v) is 6.48. The number of thiocarbonyl (C=S) groups is 1. The third kappa shape index (κ3) is 3.86. The Morgan fingerprint density at radius 1 is 0.850 bits per heavy atom. The van der Waals surface area contributed by atoms with Crippen molar-refractivity contribution in [1.82, 2.24) is 0 Å². The Kier molecular flexibility index (Phi) is 4.79. The molecule has 0 spiro atoms. The van der Waals surface area contributed by atoms with E-state index in [0.29, 0.717) is 16.6 Å². The van der Waals surface area contributed by atoms with Crippen LogP contribution < -0.4 is 20.1 Å². The second kappa shape index (κ2) is 6.77. The van der Waals surface area contributed by atoms with Crippen LogP contribution in [0.5, 0.6) is 11.5 Å². The fraction of sp³-hybridized carbons (Fsp3) is 0.133. The van der Waals surface area contributed by atoms with Crippen LogP contribution in [0.1, 0.15) is 0 Å². The van der Waals surface area contributed by atoms with E-state index >= 15 is 0 Å². The predicted molar refractivity (Wildman–Crippen MR) is 85.8 cm³/mol. The summed E-state index contributed by atoms with van der Waals surface area (Å²) in [4.78, 5) is 0. The summed E-state index contributed by atoms with van der Waals surface area (Å²) in [6.07, 6.45) is 0. The van der Waals surface area contributed by atoms with Gasteiger partial charge in [-0.2, -0.15) is 0 Å². The van der Waals surface area contributed by atoms with Crippen molar-refractivity contribution in [3.8, 4) is 11.5 Å². The van der Waals surface area contributed by atoms with Gasteiger partial charge < -0.3 is 20.1 Å². The number of para-hydroxylation sites is 1. The number of methoxy groups -OCH3 is 2. The summed E-state index contributed by atoms with van der Waals surface area (Å²) >= 11 is 5.27. The minimum Gasteiger partial charge on any atom is -0.497 e. The first-order valence-electron chi connectivity index (χ1n) is 6.07. The molecular weight excluding hydrogens is 272 g/mol. The fourth-order valence-electron chi connectivity index (χ4n) is 1.69. The minimum absolute atomic E-state index is 0.506. The lowest BCUT2D eigenvalue weighted by Crippen LogP contribution is -2.19. The zero-order chi connectivity index (χ0) is 14.4. The highest BCUT2D eigenvalue weighted by molar-refractivity contribution is 7.80. The molecule has 0 aliphatic carbocycles. The van der Waals surface area contributed by atoms with Crippen LogP contribution in [0.3, 0.4) is 0 Å². The molecule has 20 heavy (non-hydrogen) atoms. The second-order valence-corrected chi connectivity index (χ2v) is 4.45. The van der Waals surface area contributed by atoms with Gasteiger partial charge in [-0.3, -0.25) is 0 Å². The third-order valence-corrected chi connectivity index (χ3v) is 2.85. The van der Waals surface area contributed by atoms with E-state index in [1.807, 2.05) is 42.5 Å². The van der Waals surface area contributed by atoms with Gasteiger partial charge in [0.25, 0.3) is 0 Å². The SMILES string of the molecule is COc1cc(NC(=S)Nc2ccccc2)cc(OC)c1. The van der Waals surface area contributed by atoms with Gasteiger partial charge in [-0.05, 0) is 24.4 Å². The van der Waals surface area contributed by atoms with E-state index in [-0.39, 0.29) is 0 Å². The summed E-state index contributed by atoms with van der Waals surface area (Å²) in [7, 11) is 3.22. The molecule has 0 atom stereocenters. The summed E-state index contributed by atoms with van der Waals surface area (Å²) in [5.74, 6) is 1.41. The molecule has 0 radical (unpaired) electrons. The van der Waals surface area contributed by atoms with Gasteiger partial charge in [0, 0.05) is 29.6 Å². The molecule has 0 unspecified atom stereocenters.